The Morgan fingerprint density at radius 3 is 2.93 bits per heavy atom. The molecule has 14 heavy (non-hydrogen) atoms. The highest BCUT2D eigenvalue weighted by molar-refractivity contribution is 5.19. The van der Waals surface area contributed by atoms with E-state index in [1.165, 1.54) is 24.9 Å². The fourth-order valence-corrected chi connectivity index (χ4v) is 2.13. The Hall–Kier alpha value is -0.760. The van der Waals surface area contributed by atoms with Gasteiger partial charge in [-0.3, -0.25) is 0 Å². The monoisotopic (exact) mass is 193 g/mol. The average Bonchev–Trinajstić information content (AvgIpc) is 2.47. The third kappa shape index (κ3) is 2.18. The highest BCUT2D eigenvalue weighted by atomic mass is 16.3. The van der Waals surface area contributed by atoms with Crippen molar-refractivity contribution in [2.45, 2.75) is 33.1 Å². The molecule has 1 atom stereocenters. The van der Waals surface area contributed by atoms with Crippen molar-refractivity contribution < 1.29 is 4.42 Å². The minimum Gasteiger partial charge on any atom is -0.466 e. The molecular formula is C12H19NO. The Balaban J connectivity index is 1.95. The summed E-state index contributed by atoms with van der Waals surface area (Å²) in [6.45, 7) is 6.49. The van der Waals surface area contributed by atoms with Gasteiger partial charge in [0.05, 0.1) is 0 Å². The molecule has 2 rings (SSSR count). The maximum atomic E-state index is 5.69. The van der Waals surface area contributed by atoms with E-state index < -0.39 is 0 Å². The van der Waals surface area contributed by atoms with Crippen molar-refractivity contribution in [2.24, 2.45) is 5.92 Å². The molecule has 2 heterocycles. The third-order valence-corrected chi connectivity index (χ3v) is 3.11. The quantitative estimate of drug-likeness (QED) is 0.780. The Morgan fingerprint density at radius 2 is 2.36 bits per heavy atom. The maximum absolute atomic E-state index is 5.69. The maximum Gasteiger partial charge on any atom is 0.104 e. The second-order valence-electron chi connectivity index (χ2n) is 4.37. The number of furan rings is 1. The van der Waals surface area contributed by atoms with Gasteiger partial charge in [0.15, 0.2) is 0 Å². The molecule has 2 heteroatoms. The molecule has 0 amide bonds. The van der Waals surface area contributed by atoms with Crippen molar-refractivity contribution in [1.29, 1.82) is 0 Å². The van der Waals surface area contributed by atoms with Crippen LogP contribution in [-0.2, 0) is 6.42 Å². The molecule has 0 spiro atoms. The number of rotatable bonds is 2. The van der Waals surface area contributed by atoms with Gasteiger partial charge in [-0.15, -0.1) is 0 Å². The van der Waals surface area contributed by atoms with Crippen LogP contribution < -0.4 is 5.32 Å². The summed E-state index contributed by atoms with van der Waals surface area (Å²) < 4.78 is 5.69. The predicted octanol–water partition coefficient (Wildman–Crippen LogP) is 2.44. The molecule has 1 N–H and O–H groups in total. The number of nitrogens with one attached hydrogen (secondary N) is 1. The second kappa shape index (κ2) is 4.18. The van der Waals surface area contributed by atoms with E-state index in [1.54, 1.807) is 0 Å². The van der Waals surface area contributed by atoms with Gasteiger partial charge in [0.1, 0.15) is 11.5 Å². The largest absolute Gasteiger partial charge is 0.466 e. The normalized spacial score (nSPS) is 22.6. The minimum absolute atomic E-state index is 0.772. The van der Waals surface area contributed by atoms with Crippen LogP contribution in [-0.4, -0.2) is 13.1 Å². The van der Waals surface area contributed by atoms with Crippen LogP contribution in [0.4, 0.5) is 0 Å². The average molecular weight is 193 g/mol. The molecule has 2 nitrogen and oxygen atoms in total. The molecule has 0 bridgehead atoms. The summed E-state index contributed by atoms with van der Waals surface area (Å²) in [6, 6.07) is 2.18. The van der Waals surface area contributed by atoms with Crippen molar-refractivity contribution in [2.75, 3.05) is 13.1 Å². The molecule has 1 fully saturated rings. The van der Waals surface area contributed by atoms with E-state index in [1.807, 2.05) is 6.92 Å². The van der Waals surface area contributed by atoms with Crippen LogP contribution in [0, 0.1) is 19.8 Å². The van der Waals surface area contributed by atoms with Gasteiger partial charge in [-0.2, -0.15) is 0 Å². The van der Waals surface area contributed by atoms with E-state index in [-0.39, 0.29) is 0 Å². The van der Waals surface area contributed by atoms with Gasteiger partial charge in [-0.05, 0) is 57.3 Å². The lowest BCUT2D eigenvalue weighted by Crippen LogP contribution is -2.30. The first kappa shape index (κ1) is 9.78. The summed E-state index contributed by atoms with van der Waals surface area (Å²) >= 11 is 0. The second-order valence-corrected chi connectivity index (χ2v) is 4.37. The molecule has 0 radical (unpaired) electrons. The number of hydrogen-bond acceptors (Lipinski definition) is 2. The van der Waals surface area contributed by atoms with Gasteiger partial charge < -0.3 is 9.73 Å². The molecule has 0 aliphatic carbocycles. The summed E-state index contributed by atoms with van der Waals surface area (Å²) in [7, 11) is 0. The molecule has 78 valence electrons. The first-order valence-electron chi connectivity index (χ1n) is 5.52. The van der Waals surface area contributed by atoms with Crippen LogP contribution in [0.25, 0.3) is 0 Å². The minimum atomic E-state index is 0.772. The SMILES string of the molecule is Cc1cc(CC2CCCNC2)oc1C. The molecule has 1 unspecified atom stereocenters. The standard InChI is InChI=1S/C12H19NO/c1-9-6-12(14-10(9)2)7-11-4-3-5-13-8-11/h6,11,13H,3-5,7-8H2,1-2H3. The van der Waals surface area contributed by atoms with Crippen LogP contribution in [0.2, 0.25) is 0 Å². The van der Waals surface area contributed by atoms with Crippen molar-refractivity contribution in [3.05, 3.63) is 23.2 Å². The van der Waals surface area contributed by atoms with Crippen LogP contribution in [0.15, 0.2) is 10.5 Å². The Bertz CT molecular complexity index is 278. The number of piperidine rings is 1. The fraction of sp³-hybridized carbons (Fsp3) is 0.667. The lowest BCUT2D eigenvalue weighted by atomic mass is 9.95. The zero-order valence-electron chi connectivity index (χ0n) is 9.10. The molecule has 1 aliphatic rings. The van der Waals surface area contributed by atoms with Gasteiger partial charge in [0.2, 0.25) is 0 Å². The first-order chi connectivity index (χ1) is 6.75. The Kier molecular flexibility index (Phi) is 2.92. The van der Waals surface area contributed by atoms with Crippen LogP contribution in [0.3, 0.4) is 0 Å². The van der Waals surface area contributed by atoms with E-state index in [4.69, 9.17) is 4.42 Å². The van der Waals surface area contributed by atoms with E-state index in [0.29, 0.717) is 0 Å². The van der Waals surface area contributed by atoms with E-state index in [9.17, 15) is 0 Å². The predicted molar refractivity (Wildman–Crippen MR) is 57.5 cm³/mol. The summed E-state index contributed by atoms with van der Waals surface area (Å²) in [5.41, 5.74) is 1.28. The van der Waals surface area contributed by atoms with Gasteiger partial charge >= 0.3 is 0 Å². The van der Waals surface area contributed by atoms with Crippen LogP contribution in [0.1, 0.15) is 29.9 Å². The molecule has 1 aromatic rings. The highest BCUT2D eigenvalue weighted by Gasteiger charge is 2.15. The van der Waals surface area contributed by atoms with E-state index in [0.717, 1.165) is 30.4 Å². The Labute approximate surface area is 85.7 Å². The van der Waals surface area contributed by atoms with Gasteiger partial charge in [0.25, 0.3) is 0 Å². The fourth-order valence-electron chi connectivity index (χ4n) is 2.13. The van der Waals surface area contributed by atoms with Gasteiger partial charge in [0, 0.05) is 6.42 Å². The molecule has 0 saturated carbocycles. The number of hydrogen-bond donors (Lipinski definition) is 1. The van der Waals surface area contributed by atoms with Crippen molar-refractivity contribution in [3.8, 4) is 0 Å². The van der Waals surface area contributed by atoms with Crippen molar-refractivity contribution in [3.63, 3.8) is 0 Å². The zero-order chi connectivity index (χ0) is 9.97. The zero-order valence-corrected chi connectivity index (χ0v) is 9.10. The van der Waals surface area contributed by atoms with Gasteiger partial charge in [-0.1, -0.05) is 0 Å². The van der Waals surface area contributed by atoms with E-state index in [2.05, 4.69) is 18.3 Å². The molecular weight excluding hydrogens is 174 g/mol. The molecule has 1 aromatic heterocycles. The van der Waals surface area contributed by atoms with Gasteiger partial charge in [-0.25, -0.2) is 0 Å². The number of aryl methyl sites for hydroxylation is 2. The van der Waals surface area contributed by atoms with Crippen molar-refractivity contribution >= 4 is 0 Å². The molecule has 1 saturated heterocycles. The smallest absolute Gasteiger partial charge is 0.104 e. The molecule has 0 aromatic carbocycles. The molecule has 1 aliphatic heterocycles. The summed E-state index contributed by atoms with van der Waals surface area (Å²) in [6.07, 6.45) is 3.75. The van der Waals surface area contributed by atoms with Crippen molar-refractivity contribution in [1.82, 2.24) is 5.32 Å². The van der Waals surface area contributed by atoms with Crippen LogP contribution >= 0.6 is 0 Å². The highest BCUT2D eigenvalue weighted by Crippen LogP contribution is 2.20. The van der Waals surface area contributed by atoms with E-state index >= 15 is 0 Å². The third-order valence-electron chi connectivity index (χ3n) is 3.11. The Morgan fingerprint density at radius 1 is 1.50 bits per heavy atom. The van der Waals surface area contributed by atoms with Crippen LogP contribution in [0.5, 0.6) is 0 Å². The lowest BCUT2D eigenvalue weighted by molar-refractivity contribution is 0.347. The summed E-state index contributed by atoms with van der Waals surface area (Å²) in [5.74, 6) is 3.01. The topological polar surface area (TPSA) is 25.2 Å². The summed E-state index contributed by atoms with van der Waals surface area (Å²) in [5, 5.41) is 3.43. The summed E-state index contributed by atoms with van der Waals surface area (Å²) in [4.78, 5) is 0. The first-order valence-corrected chi connectivity index (χ1v) is 5.52. The lowest BCUT2D eigenvalue weighted by Gasteiger charge is -2.21.